The molecule has 90 valence electrons. The van der Waals surface area contributed by atoms with Crippen LogP contribution in [0.4, 0.5) is 0 Å². The Kier molecular flexibility index (Phi) is 6.17. The van der Waals surface area contributed by atoms with Gasteiger partial charge in [0.25, 0.3) is 0 Å². The van der Waals surface area contributed by atoms with Crippen molar-refractivity contribution in [1.29, 1.82) is 0 Å². The quantitative estimate of drug-likeness (QED) is 0.617. The summed E-state index contributed by atoms with van der Waals surface area (Å²) in [7, 11) is 0. The number of aliphatic hydroxyl groups is 1. The predicted octanol–water partition coefficient (Wildman–Crippen LogP) is 2.79. The van der Waals surface area contributed by atoms with Crippen LogP contribution in [-0.2, 0) is 0 Å². The number of rotatable bonds is 5. The van der Waals surface area contributed by atoms with Crippen molar-refractivity contribution in [1.82, 2.24) is 4.90 Å². The van der Waals surface area contributed by atoms with Crippen LogP contribution in [0.2, 0.25) is 0 Å². The van der Waals surface area contributed by atoms with Gasteiger partial charge in [0.05, 0.1) is 5.60 Å². The summed E-state index contributed by atoms with van der Waals surface area (Å²) < 4.78 is 0. The maximum Gasteiger partial charge on any atom is 0.0632 e. The first-order valence-corrected chi connectivity index (χ1v) is 7.27. The smallest absolute Gasteiger partial charge is 0.0632 e. The first-order valence-electron chi connectivity index (χ1n) is 6.15. The number of nitrogens with zero attached hydrogens (tertiary/aromatic N) is 1. The molecule has 1 saturated heterocycles. The molecule has 0 aromatic rings. The Morgan fingerprint density at radius 3 is 2.73 bits per heavy atom. The van der Waals surface area contributed by atoms with Crippen molar-refractivity contribution < 1.29 is 5.11 Å². The Bertz CT molecular complexity index is 173. The van der Waals surface area contributed by atoms with Crippen LogP contribution in [-0.4, -0.2) is 40.6 Å². The van der Waals surface area contributed by atoms with Crippen LogP contribution in [0.15, 0.2) is 0 Å². The lowest BCUT2D eigenvalue weighted by Gasteiger charge is -2.22. The second-order valence-corrected chi connectivity index (χ2v) is 5.73. The normalized spacial score (nSPS) is 29.0. The number of halogens is 1. The minimum atomic E-state index is -0.412. The lowest BCUT2D eigenvalue weighted by Crippen LogP contribution is -2.29. The maximum absolute atomic E-state index is 9.95. The van der Waals surface area contributed by atoms with Gasteiger partial charge in [-0.2, -0.15) is 0 Å². The second kappa shape index (κ2) is 6.87. The van der Waals surface area contributed by atoms with Crippen molar-refractivity contribution in [3.8, 4) is 0 Å². The van der Waals surface area contributed by atoms with E-state index in [9.17, 15) is 5.11 Å². The summed E-state index contributed by atoms with van der Waals surface area (Å²) in [5.41, 5.74) is -0.412. The van der Waals surface area contributed by atoms with E-state index in [4.69, 9.17) is 0 Å². The molecule has 3 heteroatoms. The molecule has 1 N–H and O–H groups in total. The van der Waals surface area contributed by atoms with Gasteiger partial charge in [-0.25, -0.2) is 0 Å². The zero-order valence-electron chi connectivity index (χ0n) is 9.84. The third-order valence-electron chi connectivity index (χ3n) is 3.26. The Hall–Kier alpha value is 0.400. The minimum absolute atomic E-state index is 0.412. The third-order valence-corrected chi connectivity index (χ3v) is 3.83. The highest BCUT2D eigenvalue weighted by Crippen LogP contribution is 2.21. The summed E-state index contributed by atoms with van der Waals surface area (Å²) in [6.07, 6.45) is 6.94. The van der Waals surface area contributed by atoms with E-state index in [1.165, 1.54) is 32.4 Å². The molecule has 1 atom stereocenters. The van der Waals surface area contributed by atoms with Crippen LogP contribution in [0.3, 0.4) is 0 Å². The fourth-order valence-corrected chi connectivity index (χ4v) is 2.55. The predicted molar refractivity (Wildman–Crippen MR) is 68.6 cm³/mol. The molecule has 0 spiro atoms. The van der Waals surface area contributed by atoms with Crippen molar-refractivity contribution in [2.75, 3.05) is 25.0 Å². The fraction of sp³-hybridized carbons (Fsp3) is 1.00. The monoisotopic (exact) mass is 277 g/mol. The van der Waals surface area contributed by atoms with E-state index in [-0.39, 0.29) is 0 Å². The van der Waals surface area contributed by atoms with E-state index in [2.05, 4.69) is 20.8 Å². The lowest BCUT2D eigenvalue weighted by atomic mass is 9.98. The Morgan fingerprint density at radius 1 is 1.20 bits per heavy atom. The molecule has 1 aliphatic heterocycles. The molecule has 15 heavy (non-hydrogen) atoms. The molecular weight excluding hydrogens is 254 g/mol. The Balaban J connectivity index is 2.14. The molecule has 0 radical (unpaired) electrons. The molecule has 1 heterocycles. The van der Waals surface area contributed by atoms with Crippen LogP contribution in [0.1, 0.15) is 45.4 Å². The molecule has 1 rings (SSSR count). The molecule has 0 amide bonds. The lowest BCUT2D eigenvalue weighted by molar-refractivity contribution is 0.0446. The van der Waals surface area contributed by atoms with E-state index in [1.807, 2.05) is 6.92 Å². The molecule has 0 aromatic heterocycles. The van der Waals surface area contributed by atoms with E-state index < -0.39 is 5.60 Å². The Morgan fingerprint density at radius 2 is 2.00 bits per heavy atom. The molecule has 0 bridgehead atoms. The molecule has 1 unspecified atom stereocenters. The highest BCUT2D eigenvalue weighted by molar-refractivity contribution is 9.09. The topological polar surface area (TPSA) is 23.5 Å². The summed E-state index contributed by atoms with van der Waals surface area (Å²) in [5.74, 6) is 0. The van der Waals surface area contributed by atoms with E-state index in [0.717, 1.165) is 31.1 Å². The molecule has 0 aromatic carbocycles. The standard InChI is InChI=1S/C12H24BrNO/c1-12(15)6-5-10-14(11-7-12)9-4-2-3-8-13/h15H,2-11H2,1H3. The summed E-state index contributed by atoms with van der Waals surface area (Å²) in [4.78, 5) is 2.51. The minimum Gasteiger partial charge on any atom is -0.390 e. The molecule has 0 saturated carbocycles. The first kappa shape index (κ1) is 13.5. The fourth-order valence-electron chi connectivity index (χ4n) is 2.15. The molecule has 2 nitrogen and oxygen atoms in total. The summed E-state index contributed by atoms with van der Waals surface area (Å²) in [6, 6.07) is 0. The van der Waals surface area contributed by atoms with Gasteiger partial charge in [-0.05, 0) is 52.1 Å². The number of likely N-dealkylation sites (tertiary alicyclic amines) is 1. The van der Waals surface area contributed by atoms with Gasteiger partial charge in [0, 0.05) is 11.9 Å². The van der Waals surface area contributed by atoms with Crippen molar-refractivity contribution in [3.05, 3.63) is 0 Å². The van der Waals surface area contributed by atoms with Gasteiger partial charge in [-0.1, -0.05) is 22.4 Å². The van der Waals surface area contributed by atoms with Gasteiger partial charge < -0.3 is 10.0 Å². The van der Waals surface area contributed by atoms with Crippen LogP contribution >= 0.6 is 15.9 Å². The molecule has 1 aliphatic rings. The number of unbranched alkanes of at least 4 members (excludes halogenated alkanes) is 2. The van der Waals surface area contributed by atoms with Gasteiger partial charge in [0.2, 0.25) is 0 Å². The number of hydrogen-bond acceptors (Lipinski definition) is 2. The van der Waals surface area contributed by atoms with Gasteiger partial charge >= 0.3 is 0 Å². The average molecular weight is 278 g/mol. The highest BCUT2D eigenvalue weighted by atomic mass is 79.9. The summed E-state index contributed by atoms with van der Waals surface area (Å²) in [6.45, 7) is 5.43. The van der Waals surface area contributed by atoms with Crippen LogP contribution in [0, 0.1) is 0 Å². The van der Waals surface area contributed by atoms with Crippen LogP contribution in [0.5, 0.6) is 0 Å². The van der Waals surface area contributed by atoms with Crippen molar-refractivity contribution >= 4 is 15.9 Å². The number of alkyl halides is 1. The van der Waals surface area contributed by atoms with Gasteiger partial charge in [-0.3, -0.25) is 0 Å². The van der Waals surface area contributed by atoms with E-state index >= 15 is 0 Å². The van der Waals surface area contributed by atoms with Crippen LogP contribution in [0.25, 0.3) is 0 Å². The van der Waals surface area contributed by atoms with Crippen molar-refractivity contribution in [2.45, 2.75) is 51.0 Å². The van der Waals surface area contributed by atoms with Gasteiger partial charge in [0.15, 0.2) is 0 Å². The maximum atomic E-state index is 9.95. The zero-order chi connectivity index (χ0) is 11.1. The molecular formula is C12H24BrNO. The van der Waals surface area contributed by atoms with E-state index in [1.54, 1.807) is 0 Å². The zero-order valence-corrected chi connectivity index (χ0v) is 11.4. The molecule has 0 aliphatic carbocycles. The van der Waals surface area contributed by atoms with Crippen LogP contribution < -0.4 is 0 Å². The SMILES string of the molecule is CC1(O)CCCN(CCCCCBr)CC1. The third kappa shape index (κ3) is 5.88. The largest absolute Gasteiger partial charge is 0.390 e. The van der Waals surface area contributed by atoms with Gasteiger partial charge in [0.1, 0.15) is 0 Å². The van der Waals surface area contributed by atoms with E-state index in [0.29, 0.717) is 0 Å². The highest BCUT2D eigenvalue weighted by Gasteiger charge is 2.24. The molecule has 1 fully saturated rings. The summed E-state index contributed by atoms with van der Waals surface area (Å²) >= 11 is 3.46. The average Bonchev–Trinajstić information content (AvgIpc) is 2.35. The van der Waals surface area contributed by atoms with Crippen molar-refractivity contribution in [2.24, 2.45) is 0 Å². The first-order chi connectivity index (χ1) is 7.14. The number of hydrogen-bond donors (Lipinski definition) is 1. The summed E-state index contributed by atoms with van der Waals surface area (Å²) in [5, 5.41) is 11.1. The van der Waals surface area contributed by atoms with Crippen molar-refractivity contribution in [3.63, 3.8) is 0 Å². The van der Waals surface area contributed by atoms with Gasteiger partial charge in [-0.15, -0.1) is 0 Å². The second-order valence-electron chi connectivity index (χ2n) is 4.94. The Labute approximate surface area is 102 Å².